The fourth-order valence-corrected chi connectivity index (χ4v) is 2.70. The minimum absolute atomic E-state index is 0.581. The van der Waals surface area contributed by atoms with E-state index in [0.717, 1.165) is 12.5 Å². The van der Waals surface area contributed by atoms with Gasteiger partial charge in [-0.25, -0.2) is 4.98 Å². The van der Waals surface area contributed by atoms with Crippen LogP contribution in [0.4, 0.5) is 0 Å². The highest BCUT2D eigenvalue weighted by Gasteiger charge is 2.33. The highest BCUT2D eigenvalue weighted by molar-refractivity contribution is 7.09. The van der Waals surface area contributed by atoms with Gasteiger partial charge in [0.1, 0.15) is 0 Å². The van der Waals surface area contributed by atoms with Crippen LogP contribution in [0.1, 0.15) is 36.4 Å². The van der Waals surface area contributed by atoms with Crippen LogP contribution in [0.5, 0.6) is 0 Å². The topological polar surface area (TPSA) is 24.9 Å². The molecule has 2 rings (SSSR count). The molecule has 1 aromatic heterocycles. The molecule has 72 valence electrons. The number of hydrogen-bond acceptors (Lipinski definition) is 3. The number of thiazole rings is 1. The first kappa shape index (κ1) is 9.16. The van der Waals surface area contributed by atoms with Crippen LogP contribution in [-0.2, 0) is 0 Å². The Hall–Kier alpha value is -0.410. The maximum absolute atomic E-state index is 4.31. The van der Waals surface area contributed by atoms with Gasteiger partial charge < -0.3 is 5.32 Å². The third-order valence-corrected chi connectivity index (χ3v) is 3.60. The summed E-state index contributed by atoms with van der Waals surface area (Å²) in [5.74, 6) is 0.874. The van der Waals surface area contributed by atoms with Crippen molar-refractivity contribution in [1.29, 1.82) is 0 Å². The summed E-state index contributed by atoms with van der Waals surface area (Å²) in [4.78, 5) is 5.76. The first-order valence-electron chi connectivity index (χ1n) is 4.96. The van der Waals surface area contributed by atoms with Crippen molar-refractivity contribution in [2.45, 2.75) is 32.7 Å². The first-order valence-corrected chi connectivity index (χ1v) is 5.84. The lowest BCUT2D eigenvalue weighted by molar-refractivity contribution is 0.501. The summed E-state index contributed by atoms with van der Waals surface area (Å²) in [6, 6.07) is 0.581. The Labute approximate surface area is 83.4 Å². The lowest BCUT2D eigenvalue weighted by Gasteiger charge is -2.15. The Kier molecular flexibility index (Phi) is 2.65. The molecule has 1 N–H and O–H groups in total. The lowest BCUT2D eigenvalue weighted by Crippen LogP contribution is -2.22. The van der Waals surface area contributed by atoms with Gasteiger partial charge in [0.25, 0.3) is 0 Å². The molecule has 0 bridgehead atoms. The second-order valence-corrected chi connectivity index (χ2v) is 4.56. The van der Waals surface area contributed by atoms with Crippen molar-refractivity contribution in [3.05, 3.63) is 16.1 Å². The summed E-state index contributed by atoms with van der Waals surface area (Å²) < 4.78 is 0. The van der Waals surface area contributed by atoms with Gasteiger partial charge in [-0.05, 0) is 32.2 Å². The zero-order valence-corrected chi connectivity index (χ0v) is 9.03. The number of nitrogens with zero attached hydrogens (tertiary/aromatic N) is 1. The van der Waals surface area contributed by atoms with Crippen LogP contribution in [0.25, 0.3) is 0 Å². The molecule has 1 aliphatic rings. The van der Waals surface area contributed by atoms with Crippen LogP contribution < -0.4 is 5.32 Å². The van der Waals surface area contributed by atoms with Crippen LogP contribution >= 0.6 is 11.3 Å². The molecule has 13 heavy (non-hydrogen) atoms. The summed E-state index contributed by atoms with van der Waals surface area (Å²) in [5.41, 5.74) is 3.17. The van der Waals surface area contributed by atoms with Gasteiger partial charge in [-0.15, -0.1) is 11.3 Å². The normalized spacial score (nSPS) is 18.9. The summed E-state index contributed by atoms with van der Waals surface area (Å²) in [5, 5.41) is 3.56. The van der Waals surface area contributed by atoms with Gasteiger partial charge in [-0.1, -0.05) is 6.92 Å². The molecule has 0 aliphatic heterocycles. The summed E-state index contributed by atoms with van der Waals surface area (Å²) in [6.07, 6.45) is 2.77. The molecule has 1 heterocycles. The Balaban J connectivity index is 2.14. The maximum atomic E-state index is 4.31. The molecule has 1 fully saturated rings. The van der Waals surface area contributed by atoms with E-state index in [9.17, 15) is 0 Å². The fourth-order valence-electron chi connectivity index (χ4n) is 1.73. The first-order chi connectivity index (χ1) is 6.33. The number of aryl methyl sites for hydroxylation is 1. The SMILES string of the molecule is CCNC(c1scnc1C)C1CC1. The highest BCUT2D eigenvalue weighted by atomic mass is 32.1. The zero-order chi connectivity index (χ0) is 9.26. The summed E-state index contributed by atoms with van der Waals surface area (Å²) in [7, 11) is 0. The molecule has 2 nitrogen and oxygen atoms in total. The van der Waals surface area contributed by atoms with Gasteiger partial charge in [0.15, 0.2) is 0 Å². The van der Waals surface area contributed by atoms with Crippen molar-refractivity contribution >= 4 is 11.3 Å². The third-order valence-electron chi connectivity index (χ3n) is 2.58. The van der Waals surface area contributed by atoms with Crippen LogP contribution in [0.3, 0.4) is 0 Å². The smallest absolute Gasteiger partial charge is 0.0798 e. The van der Waals surface area contributed by atoms with Gasteiger partial charge in [0.05, 0.1) is 11.2 Å². The number of hydrogen-bond donors (Lipinski definition) is 1. The predicted molar refractivity (Wildman–Crippen MR) is 56.0 cm³/mol. The molecule has 0 amide bonds. The van der Waals surface area contributed by atoms with E-state index in [0.29, 0.717) is 6.04 Å². The van der Waals surface area contributed by atoms with Gasteiger partial charge >= 0.3 is 0 Å². The molecule has 1 aliphatic carbocycles. The van der Waals surface area contributed by atoms with Crippen LogP contribution in [-0.4, -0.2) is 11.5 Å². The van der Waals surface area contributed by atoms with E-state index in [1.807, 2.05) is 5.51 Å². The van der Waals surface area contributed by atoms with Crippen molar-refractivity contribution in [2.24, 2.45) is 5.92 Å². The molecule has 1 aromatic rings. The van der Waals surface area contributed by atoms with Crippen molar-refractivity contribution in [2.75, 3.05) is 6.54 Å². The molecule has 0 radical (unpaired) electrons. The number of nitrogens with one attached hydrogen (secondary N) is 1. The Bertz CT molecular complexity index is 278. The van der Waals surface area contributed by atoms with Crippen LogP contribution in [0, 0.1) is 12.8 Å². The van der Waals surface area contributed by atoms with Crippen molar-refractivity contribution in [1.82, 2.24) is 10.3 Å². The lowest BCUT2D eigenvalue weighted by atomic mass is 10.1. The summed E-state index contributed by atoms with van der Waals surface area (Å²) in [6.45, 7) is 5.34. The Morgan fingerprint density at radius 1 is 1.69 bits per heavy atom. The third kappa shape index (κ3) is 1.92. The van der Waals surface area contributed by atoms with E-state index in [1.54, 1.807) is 11.3 Å². The average Bonchev–Trinajstić information content (AvgIpc) is 2.86. The predicted octanol–water partition coefficient (Wildman–Crippen LogP) is 2.51. The largest absolute Gasteiger partial charge is 0.309 e. The molecule has 0 spiro atoms. The number of rotatable bonds is 4. The maximum Gasteiger partial charge on any atom is 0.0798 e. The van der Waals surface area contributed by atoms with Gasteiger partial charge in [0.2, 0.25) is 0 Å². The van der Waals surface area contributed by atoms with E-state index < -0.39 is 0 Å². The minimum Gasteiger partial charge on any atom is -0.309 e. The molecule has 1 saturated carbocycles. The second kappa shape index (κ2) is 3.76. The zero-order valence-electron chi connectivity index (χ0n) is 8.21. The molecular weight excluding hydrogens is 180 g/mol. The summed E-state index contributed by atoms with van der Waals surface area (Å²) >= 11 is 1.79. The molecule has 3 heteroatoms. The quantitative estimate of drug-likeness (QED) is 0.800. The van der Waals surface area contributed by atoms with Gasteiger partial charge in [0, 0.05) is 10.9 Å². The Morgan fingerprint density at radius 3 is 2.92 bits per heavy atom. The van der Waals surface area contributed by atoms with E-state index in [-0.39, 0.29) is 0 Å². The van der Waals surface area contributed by atoms with Crippen molar-refractivity contribution < 1.29 is 0 Å². The van der Waals surface area contributed by atoms with Crippen molar-refractivity contribution in [3.8, 4) is 0 Å². The van der Waals surface area contributed by atoms with Gasteiger partial charge in [-0.3, -0.25) is 0 Å². The van der Waals surface area contributed by atoms with Crippen LogP contribution in [0.15, 0.2) is 5.51 Å². The van der Waals surface area contributed by atoms with E-state index in [2.05, 4.69) is 24.1 Å². The van der Waals surface area contributed by atoms with Crippen molar-refractivity contribution in [3.63, 3.8) is 0 Å². The molecule has 0 saturated heterocycles. The van der Waals surface area contributed by atoms with E-state index >= 15 is 0 Å². The minimum atomic E-state index is 0.581. The molecule has 1 unspecified atom stereocenters. The fraction of sp³-hybridized carbons (Fsp3) is 0.700. The Morgan fingerprint density at radius 2 is 2.46 bits per heavy atom. The highest BCUT2D eigenvalue weighted by Crippen LogP contribution is 2.42. The second-order valence-electron chi connectivity index (χ2n) is 3.67. The molecule has 1 atom stereocenters. The van der Waals surface area contributed by atoms with Crippen LogP contribution in [0.2, 0.25) is 0 Å². The number of aromatic nitrogens is 1. The average molecular weight is 196 g/mol. The standard InChI is InChI=1S/C10H16N2S/c1-3-11-9(8-4-5-8)10-7(2)12-6-13-10/h6,8-9,11H,3-5H2,1-2H3. The molecule has 0 aromatic carbocycles. The monoisotopic (exact) mass is 196 g/mol. The van der Waals surface area contributed by atoms with Gasteiger partial charge in [-0.2, -0.15) is 0 Å². The van der Waals surface area contributed by atoms with E-state index in [1.165, 1.54) is 23.4 Å². The van der Waals surface area contributed by atoms with E-state index in [4.69, 9.17) is 0 Å². The molecular formula is C10H16N2S.